The lowest BCUT2D eigenvalue weighted by Crippen LogP contribution is -2.37. The zero-order valence-corrected chi connectivity index (χ0v) is 12.4. The molecule has 0 radical (unpaired) electrons. The van der Waals surface area contributed by atoms with Crippen LogP contribution in [0.15, 0.2) is 24.3 Å². The van der Waals surface area contributed by atoms with Crippen LogP contribution >= 0.6 is 0 Å². The largest absolute Gasteiger partial charge is 0.482 e. The van der Waals surface area contributed by atoms with Gasteiger partial charge >= 0.3 is 5.97 Å². The van der Waals surface area contributed by atoms with E-state index in [1.807, 2.05) is 6.92 Å². The summed E-state index contributed by atoms with van der Waals surface area (Å²) in [4.78, 5) is 33.6. The first-order valence-corrected chi connectivity index (χ1v) is 7.21. The minimum atomic E-state index is -0.617. The van der Waals surface area contributed by atoms with Gasteiger partial charge < -0.3 is 14.8 Å². The van der Waals surface area contributed by atoms with E-state index in [2.05, 4.69) is 5.32 Å². The Labute approximate surface area is 128 Å². The average molecular weight is 305 g/mol. The van der Waals surface area contributed by atoms with Crippen LogP contribution in [0.1, 0.15) is 30.1 Å². The maximum absolute atomic E-state index is 11.6. The molecule has 0 aliphatic heterocycles. The van der Waals surface area contributed by atoms with Crippen molar-refractivity contribution in [3.63, 3.8) is 0 Å². The maximum Gasteiger partial charge on any atom is 0.344 e. The highest BCUT2D eigenvalue weighted by molar-refractivity contribution is 5.81. The van der Waals surface area contributed by atoms with E-state index in [0.717, 1.165) is 19.1 Å². The van der Waals surface area contributed by atoms with Crippen LogP contribution in [0.3, 0.4) is 0 Å². The van der Waals surface area contributed by atoms with Crippen LogP contribution in [-0.2, 0) is 14.3 Å². The Hall–Kier alpha value is -2.37. The average Bonchev–Trinajstić information content (AvgIpc) is 3.36. The van der Waals surface area contributed by atoms with Crippen LogP contribution in [0, 0.1) is 5.92 Å². The number of hydrogen-bond acceptors (Lipinski definition) is 5. The van der Waals surface area contributed by atoms with Crippen molar-refractivity contribution in [3.05, 3.63) is 29.8 Å². The number of esters is 1. The minimum Gasteiger partial charge on any atom is -0.482 e. The highest BCUT2D eigenvalue weighted by Gasteiger charge is 2.28. The summed E-state index contributed by atoms with van der Waals surface area (Å²) in [6, 6.07) is 6.46. The molecule has 1 aromatic carbocycles. The molecular formula is C16H19NO5. The van der Waals surface area contributed by atoms with Crippen LogP contribution in [0.2, 0.25) is 0 Å². The van der Waals surface area contributed by atoms with Gasteiger partial charge in [-0.2, -0.15) is 0 Å². The molecule has 22 heavy (non-hydrogen) atoms. The minimum absolute atomic E-state index is 0.124. The lowest BCUT2D eigenvalue weighted by molar-refractivity contribution is -0.150. The molecule has 0 heterocycles. The summed E-state index contributed by atoms with van der Waals surface area (Å²) >= 11 is 0. The Kier molecular flexibility index (Phi) is 5.52. The fourth-order valence-corrected chi connectivity index (χ4v) is 1.98. The molecule has 1 aliphatic rings. The van der Waals surface area contributed by atoms with Gasteiger partial charge in [0, 0.05) is 11.6 Å². The number of carbonyl (C=O) groups excluding carboxylic acids is 3. The van der Waals surface area contributed by atoms with Gasteiger partial charge in [0.25, 0.3) is 5.91 Å². The van der Waals surface area contributed by atoms with E-state index in [9.17, 15) is 14.4 Å². The Morgan fingerprint density at radius 2 is 1.95 bits per heavy atom. The SMILES string of the molecule is C[C@@H](NC(=O)COC(=O)COc1ccc(C=O)cc1)C1CC1. The maximum atomic E-state index is 11.6. The number of nitrogens with one attached hydrogen (secondary N) is 1. The highest BCUT2D eigenvalue weighted by Crippen LogP contribution is 2.32. The van der Waals surface area contributed by atoms with Crippen molar-refractivity contribution in [2.24, 2.45) is 5.92 Å². The van der Waals surface area contributed by atoms with Gasteiger partial charge in [-0.1, -0.05) is 0 Å². The number of hydrogen-bond donors (Lipinski definition) is 1. The molecule has 1 aromatic rings. The molecule has 6 nitrogen and oxygen atoms in total. The molecule has 1 N–H and O–H groups in total. The summed E-state index contributed by atoms with van der Waals surface area (Å²) in [6.45, 7) is 1.36. The third-order valence-corrected chi connectivity index (χ3v) is 3.45. The predicted molar refractivity (Wildman–Crippen MR) is 78.6 cm³/mol. The van der Waals surface area contributed by atoms with Crippen LogP contribution in [0.5, 0.6) is 5.75 Å². The molecule has 0 bridgehead atoms. The molecule has 118 valence electrons. The van der Waals surface area contributed by atoms with Gasteiger partial charge in [-0.3, -0.25) is 9.59 Å². The highest BCUT2D eigenvalue weighted by atomic mass is 16.6. The quantitative estimate of drug-likeness (QED) is 0.579. The standard InChI is InChI=1S/C16H19NO5/c1-11(13-4-5-13)17-15(19)9-22-16(20)10-21-14-6-2-12(8-18)3-7-14/h2-3,6-8,11,13H,4-5,9-10H2,1H3,(H,17,19)/t11-/m1/s1. The van der Waals surface area contributed by atoms with Crippen LogP contribution in [-0.4, -0.2) is 37.4 Å². The van der Waals surface area contributed by atoms with Crippen LogP contribution in [0.4, 0.5) is 0 Å². The van der Waals surface area contributed by atoms with Gasteiger partial charge in [0.2, 0.25) is 0 Å². The summed E-state index contributed by atoms with van der Waals surface area (Å²) in [5.41, 5.74) is 0.524. The number of amides is 1. The molecule has 1 amide bonds. The van der Waals surface area contributed by atoms with Crippen molar-refractivity contribution in [1.29, 1.82) is 0 Å². The molecule has 0 aromatic heterocycles. The third-order valence-electron chi connectivity index (χ3n) is 3.45. The first kappa shape index (κ1) is 16.0. The molecule has 6 heteroatoms. The summed E-state index contributed by atoms with van der Waals surface area (Å²) in [5.74, 6) is 0.0865. The van der Waals surface area contributed by atoms with E-state index >= 15 is 0 Å². The number of rotatable bonds is 8. The number of benzene rings is 1. The Bertz CT molecular complexity index is 536. The summed E-state index contributed by atoms with van der Waals surface area (Å²) in [6.07, 6.45) is 3.00. The van der Waals surface area contributed by atoms with E-state index in [1.165, 1.54) is 0 Å². The van der Waals surface area contributed by atoms with Crippen LogP contribution < -0.4 is 10.1 Å². The summed E-state index contributed by atoms with van der Waals surface area (Å²) in [7, 11) is 0. The molecule has 1 fully saturated rings. The lowest BCUT2D eigenvalue weighted by Gasteiger charge is -2.12. The molecule has 1 aliphatic carbocycles. The predicted octanol–water partition coefficient (Wildman–Crippen LogP) is 1.34. The van der Waals surface area contributed by atoms with E-state index in [4.69, 9.17) is 9.47 Å². The summed E-state index contributed by atoms with van der Waals surface area (Å²) < 4.78 is 10.0. The second-order valence-electron chi connectivity index (χ2n) is 5.33. The fourth-order valence-electron chi connectivity index (χ4n) is 1.98. The van der Waals surface area contributed by atoms with Crippen molar-refractivity contribution >= 4 is 18.2 Å². The normalized spacial score (nSPS) is 14.8. The van der Waals surface area contributed by atoms with Crippen molar-refractivity contribution in [1.82, 2.24) is 5.32 Å². The zero-order valence-electron chi connectivity index (χ0n) is 12.4. The monoisotopic (exact) mass is 305 g/mol. The molecule has 2 rings (SSSR count). The Morgan fingerprint density at radius 3 is 2.55 bits per heavy atom. The van der Waals surface area contributed by atoms with Crippen molar-refractivity contribution in [2.45, 2.75) is 25.8 Å². The van der Waals surface area contributed by atoms with Crippen molar-refractivity contribution < 1.29 is 23.9 Å². The smallest absolute Gasteiger partial charge is 0.344 e. The number of carbonyl (C=O) groups is 3. The van der Waals surface area contributed by atoms with Crippen LogP contribution in [0.25, 0.3) is 0 Å². The van der Waals surface area contributed by atoms with Crippen molar-refractivity contribution in [2.75, 3.05) is 13.2 Å². The second-order valence-corrected chi connectivity index (χ2v) is 5.33. The van der Waals surface area contributed by atoms with Gasteiger partial charge in [-0.15, -0.1) is 0 Å². The number of aldehydes is 1. The molecule has 1 saturated carbocycles. The van der Waals surface area contributed by atoms with E-state index in [0.29, 0.717) is 17.2 Å². The first-order valence-electron chi connectivity index (χ1n) is 7.21. The first-order chi connectivity index (χ1) is 10.6. The third kappa shape index (κ3) is 5.20. The second kappa shape index (κ2) is 7.59. The van der Waals surface area contributed by atoms with E-state index in [-0.39, 0.29) is 25.2 Å². The number of ether oxygens (including phenoxy) is 2. The van der Waals surface area contributed by atoms with Gasteiger partial charge in [0.15, 0.2) is 13.2 Å². The lowest BCUT2D eigenvalue weighted by atomic mass is 10.2. The van der Waals surface area contributed by atoms with Gasteiger partial charge in [0.1, 0.15) is 12.0 Å². The van der Waals surface area contributed by atoms with Gasteiger partial charge in [-0.25, -0.2) is 4.79 Å². The van der Waals surface area contributed by atoms with E-state index < -0.39 is 5.97 Å². The topological polar surface area (TPSA) is 81.7 Å². The zero-order chi connectivity index (χ0) is 15.9. The Morgan fingerprint density at radius 1 is 1.27 bits per heavy atom. The molecule has 1 atom stereocenters. The van der Waals surface area contributed by atoms with E-state index in [1.54, 1.807) is 24.3 Å². The molecule has 0 saturated heterocycles. The molecule has 0 spiro atoms. The van der Waals surface area contributed by atoms with Gasteiger partial charge in [0.05, 0.1) is 0 Å². The molecular weight excluding hydrogens is 286 g/mol. The van der Waals surface area contributed by atoms with Crippen molar-refractivity contribution in [3.8, 4) is 5.75 Å². The van der Waals surface area contributed by atoms with Gasteiger partial charge in [-0.05, 0) is 49.9 Å². The Balaban J connectivity index is 1.64. The fraction of sp³-hybridized carbons (Fsp3) is 0.438. The molecule has 0 unspecified atom stereocenters. The summed E-state index contributed by atoms with van der Waals surface area (Å²) in [5, 5.41) is 2.79.